The Hall–Kier alpha value is -3.85. The van der Waals surface area contributed by atoms with E-state index in [1.807, 2.05) is 0 Å². The molecule has 0 spiro atoms. The van der Waals surface area contributed by atoms with E-state index in [2.05, 4.69) is 20.9 Å². The second-order valence-electron chi connectivity index (χ2n) is 18.0. The van der Waals surface area contributed by atoms with E-state index in [0.29, 0.717) is 215 Å². The summed E-state index contributed by atoms with van der Waals surface area (Å²) >= 11 is 0. The third-order valence-corrected chi connectivity index (χ3v) is 11.6. The van der Waals surface area contributed by atoms with Crippen LogP contribution in [0.5, 0.6) is 0 Å². The molecule has 3 aliphatic carbocycles. The van der Waals surface area contributed by atoms with Crippen LogP contribution in [0.2, 0.25) is 0 Å². The van der Waals surface area contributed by atoms with Crippen molar-refractivity contribution in [2.24, 2.45) is 0 Å². The number of carbonyl (C=O) groups excluding carboxylic acids is 3. The molecule has 0 aromatic heterocycles. The molecule has 86 heavy (non-hydrogen) atoms. The van der Waals surface area contributed by atoms with Crippen LogP contribution in [-0.4, -0.2) is 281 Å². The average molecular weight is 1370 g/mol. The molecule has 0 atom stereocenters. The van der Waals surface area contributed by atoms with Gasteiger partial charge in [0, 0.05) is 136 Å². The molecule has 0 saturated heterocycles. The van der Waals surface area contributed by atoms with E-state index < -0.39 is 0 Å². The van der Waals surface area contributed by atoms with Crippen molar-refractivity contribution >= 4 is 17.3 Å². The maximum absolute atomic E-state index is 13.3. The van der Waals surface area contributed by atoms with Crippen LogP contribution in [-0.2, 0) is 99.6 Å². The number of ketones is 3. The van der Waals surface area contributed by atoms with Gasteiger partial charge in [0.1, 0.15) is 19.8 Å². The molecule has 0 unspecified atom stereocenters. The van der Waals surface area contributed by atoms with Crippen LogP contribution < -0.4 is 16.0 Å². The molecule has 3 rings (SSSR count). The topological polar surface area (TPSA) is 257 Å². The van der Waals surface area contributed by atoms with Crippen molar-refractivity contribution in [3.05, 3.63) is 107 Å². The van der Waals surface area contributed by atoms with Gasteiger partial charge in [-0.2, -0.15) is 0 Å². The summed E-state index contributed by atoms with van der Waals surface area (Å²) in [6.07, 6.45) is 20.4. The standard InChI is InChI=1S/C60H96N4O21.Gd/c1-68-19-22-71-25-28-74-31-34-77-37-40-80-43-46-83-55-10-4-7-52(58(55)65)49-61-13-16-64(17-14-62-50-53-8-5-11-56(59(53)66)84-47-44-81-41-38-78-35-32-75-29-26-72-23-20-69-2)18-15-63-51-54-9-6-12-57(60(54)67)85-48-45-82-42-39-79-36-33-76-30-27-73-24-21-70-3;/h4-12,49-51,61-63H,13-48H2,1-3H3;/b52-49-,53-50-,54-51-;. The second-order valence-corrected chi connectivity index (χ2v) is 18.0. The fourth-order valence-electron chi connectivity index (χ4n) is 7.17. The first-order valence-corrected chi connectivity index (χ1v) is 29.1. The first kappa shape index (κ1) is 78.3. The fraction of sp³-hybridized carbons (Fsp3) is 0.650. The number of allylic oxidation sites excluding steroid dienone is 12. The van der Waals surface area contributed by atoms with Crippen molar-refractivity contribution in [1.29, 1.82) is 0 Å². The van der Waals surface area contributed by atoms with Crippen LogP contribution in [0.3, 0.4) is 0 Å². The molecule has 0 aromatic carbocycles. The van der Waals surface area contributed by atoms with Crippen molar-refractivity contribution in [2.45, 2.75) is 0 Å². The van der Waals surface area contributed by atoms with Gasteiger partial charge in [0.05, 0.1) is 178 Å². The van der Waals surface area contributed by atoms with Crippen LogP contribution in [0.4, 0.5) is 0 Å². The molecule has 0 aliphatic heterocycles. The maximum Gasteiger partial charge on any atom is 0.228 e. The summed E-state index contributed by atoms with van der Waals surface area (Å²) in [4.78, 5) is 42.0. The molecule has 0 bridgehead atoms. The van der Waals surface area contributed by atoms with Crippen molar-refractivity contribution in [1.82, 2.24) is 20.9 Å². The quantitative estimate of drug-likeness (QED) is 0.0581. The minimum Gasteiger partial charge on any atom is -0.487 e. The molecule has 3 aliphatic rings. The zero-order valence-electron chi connectivity index (χ0n) is 50.8. The Kier molecular flexibility index (Phi) is 52.4. The van der Waals surface area contributed by atoms with Crippen LogP contribution in [0.25, 0.3) is 0 Å². The van der Waals surface area contributed by atoms with E-state index in [1.165, 1.54) is 0 Å². The Morgan fingerprint density at radius 3 is 0.721 bits per heavy atom. The zero-order chi connectivity index (χ0) is 60.6. The monoisotopic (exact) mass is 1370 g/mol. The van der Waals surface area contributed by atoms with Gasteiger partial charge in [-0.15, -0.1) is 0 Å². The summed E-state index contributed by atoms with van der Waals surface area (Å²) in [5, 5.41) is 9.84. The van der Waals surface area contributed by atoms with Crippen LogP contribution in [0.15, 0.2) is 107 Å². The molecule has 26 heteroatoms. The molecule has 490 valence electrons. The summed E-state index contributed by atoms with van der Waals surface area (Å²) in [6.45, 7) is 16.1. The molecule has 3 N–H and O–H groups in total. The van der Waals surface area contributed by atoms with E-state index in [1.54, 1.807) is 94.6 Å². The smallest absolute Gasteiger partial charge is 0.228 e. The van der Waals surface area contributed by atoms with Gasteiger partial charge < -0.3 is 101 Å². The number of rotatable bonds is 60. The average Bonchev–Trinajstić information content (AvgIpc) is 3.72. The molecular formula is C60H96GdN4O21. The molecule has 25 nitrogen and oxygen atoms in total. The Balaban J connectivity index is 0.0000252. The number of nitrogens with zero attached hydrogens (tertiary/aromatic N) is 1. The fourth-order valence-corrected chi connectivity index (χ4v) is 7.17. The summed E-state index contributed by atoms with van der Waals surface area (Å²) in [5.74, 6) is -0.0545. The van der Waals surface area contributed by atoms with E-state index in [-0.39, 0.29) is 114 Å². The third-order valence-electron chi connectivity index (χ3n) is 11.6. The van der Waals surface area contributed by atoms with Gasteiger partial charge in [0.15, 0.2) is 17.3 Å². The van der Waals surface area contributed by atoms with Gasteiger partial charge >= 0.3 is 0 Å². The third kappa shape index (κ3) is 41.4. The summed E-state index contributed by atoms with van der Waals surface area (Å²) in [7, 11) is 4.89. The van der Waals surface area contributed by atoms with Crippen LogP contribution in [0.1, 0.15) is 0 Å². The Bertz CT molecular complexity index is 1830. The number of ether oxygens (including phenoxy) is 18. The number of hydrogen-bond acceptors (Lipinski definition) is 25. The molecule has 0 heterocycles. The van der Waals surface area contributed by atoms with E-state index in [9.17, 15) is 14.4 Å². The van der Waals surface area contributed by atoms with E-state index >= 15 is 0 Å². The molecule has 0 aromatic rings. The predicted octanol–water partition coefficient (Wildman–Crippen LogP) is 1.97. The van der Waals surface area contributed by atoms with Crippen molar-refractivity contribution in [3.63, 3.8) is 0 Å². The molecule has 0 amide bonds. The first-order chi connectivity index (χ1) is 42.0. The normalized spacial score (nSPS) is 15.4. The number of Topliss-reactive ketones (excluding diaryl/α,β-unsaturated/α-hetero) is 3. The zero-order valence-corrected chi connectivity index (χ0v) is 53.0. The number of nitrogens with one attached hydrogen (secondary N) is 3. The van der Waals surface area contributed by atoms with Gasteiger partial charge in [-0.05, 0) is 36.5 Å². The molecular weight excluding hydrogens is 1270 g/mol. The second kappa shape index (κ2) is 57.6. The van der Waals surface area contributed by atoms with Gasteiger partial charge in [-0.1, -0.05) is 18.2 Å². The van der Waals surface area contributed by atoms with Crippen LogP contribution >= 0.6 is 0 Å². The number of carbonyl (C=O) groups is 3. The SMILES string of the molecule is COCCOCCOCCOCCOCCOC1=CC=C/C(=C/NCCN(CCN/C=C2/C=CC=C(OCCOCCOCCOCCOCCOC)C2=O)CCN/C=C2/C=CC=C(OCCOCCOCCOCCOCCOC)C2=O)C1=O.[Gd]. The van der Waals surface area contributed by atoms with Crippen molar-refractivity contribution in [3.8, 4) is 0 Å². The predicted molar refractivity (Wildman–Crippen MR) is 315 cm³/mol. The minimum absolute atomic E-state index is 0. The van der Waals surface area contributed by atoms with Crippen LogP contribution in [0, 0.1) is 39.9 Å². The Morgan fingerprint density at radius 2 is 0.512 bits per heavy atom. The first-order valence-electron chi connectivity index (χ1n) is 29.1. The van der Waals surface area contributed by atoms with Gasteiger partial charge in [-0.25, -0.2) is 0 Å². The summed E-state index contributed by atoms with van der Waals surface area (Å²) in [6, 6.07) is 0. The Morgan fingerprint density at radius 1 is 0.314 bits per heavy atom. The van der Waals surface area contributed by atoms with E-state index in [4.69, 9.17) is 85.3 Å². The molecule has 0 saturated carbocycles. The van der Waals surface area contributed by atoms with Gasteiger partial charge in [0.25, 0.3) is 0 Å². The minimum atomic E-state index is -0.244. The summed E-state index contributed by atoms with van der Waals surface area (Å²) in [5.41, 5.74) is 1.35. The maximum atomic E-state index is 13.3. The van der Waals surface area contributed by atoms with Crippen molar-refractivity contribution in [2.75, 3.05) is 259 Å². The van der Waals surface area contributed by atoms with Gasteiger partial charge in [0.2, 0.25) is 17.3 Å². The summed E-state index contributed by atoms with van der Waals surface area (Å²) < 4.78 is 98.0. The Labute approximate surface area is 540 Å². The number of hydrogen-bond donors (Lipinski definition) is 3. The molecule has 0 radical (unpaired) electrons. The number of methoxy groups -OCH3 is 3. The van der Waals surface area contributed by atoms with Crippen molar-refractivity contribution < 1.29 is 140 Å². The van der Waals surface area contributed by atoms with Gasteiger partial charge in [-0.3, -0.25) is 19.3 Å². The largest absolute Gasteiger partial charge is 0.487 e. The molecule has 0 fully saturated rings. The van der Waals surface area contributed by atoms with E-state index in [0.717, 1.165) is 0 Å².